The molecule has 2 aromatic rings. The fraction of sp³-hybridized carbons (Fsp3) is 0.429. The standard InChI is InChI=1S/C14H17N3O2/c1-19-10-5-6-11-12(9-10)15-16-13(11)14(18)17-7-3-2-4-8-17/h5-6,9H,2-4,7-8H2,1H3,(H,15,16). The first kappa shape index (κ1) is 12.0. The van der Waals surface area contributed by atoms with Crippen molar-refractivity contribution in [2.24, 2.45) is 0 Å². The highest BCUT2D eigenvalue weighted by molar-refractivity contribution is 6.04. The molecule has 1 N–H and O–H groups in total. The molecule has 1 aliphatic rings. The van der Waals surface area contributed by atoms with E-state index in [4.69, 9.17) is 4.74 Å². The molecular weight excluding hydrogens is 242 g/mol. The summed E-state index contributed by atoms with van der Waals surface area (Å²) in [5.74, 6) is 0.782. The smallest absolute Gasteiger partial charge is 0.274 e. The van der Waals surface area contributed by atoms with Gasteiger partial charge in [0.25, 0.3) is 5.91 Å². The van der Waals surface area contributed by atoms with Crippen molar-refractivity contribution in [3.63, 3.8) is 0 Å². The summed E-state index contributed by atoms with van der Waals surface area (Å²) in [5, 5.41) is 7.94. The number of hydrogen-bond donors (Lipinski definition) is 1. The van der Waals surface area contributed by atoms with Crippen LogP contribution in [0, 0.1) is 0 Å². The maximum Gasteiger partial charge on any atom is 0.274 e. The first-order valence-electron chi connectivity index (χ1n) is 6.61. The lowest BCUT2D eigenvalue weighted by Gasteiger charge is -2.25. The highest BCUT2D eigenvalue weighted by atomic mass is 16.5. The van der Waals surface area contributed by atoms with E-state index in [0.717, 1.165) is 42.6 Å². The summed E-state index contributed by atoms with van der Waals surface area (Å²) in [5.41, 5.74) is 1.35. The lowest BCUT2D eigenvalue weighted by atomic mass is 10.1. The van der Waals surface area contributed by atoms with Crippen molar-refractivity contribution in [1.82, 2.24) is 15.1 Å². The van der Waals surface area contributed by atoms with Crippen LogP contribution in [-0.2, 0) is 0 Å². The number of piperidine rings is 1. The number of ether oxygens (including phenoxy) is 1. The van der Waals surface area contributed by atoms with Crippen LogP contribution in [0.25, 0.3) is 10.9 Å². The molecule has 5 nitrogen and oxygen atoms in total. The van der Waals surface area contributed by atoms with E-state index in [9.17, 15) is 4.79 Å². The van der Waals surface area contributed by atoms with Gasteiger partial charge in [0.15, 0.2) is 5.69 Å². The van der Waals surface area contributed by atoms with Gasteiger partial charge in [0, 0.05) is 24.5 Å². The molecule has 0 bridgehead atoms. The van der Waals surface area contributed by atoms with Crippen LogP contribution >= 0.6 is 0 Å². The molecular formula is C14H17N3O2. The van der Waals surface area contributed by atoms with E-state index in [-0.39, 0.29) is 5.91 Å². The van der Waals surface area contributed by atoms with E-state index < -0.39 is 0 Å². The Labute approximate surface area is 111 Å². The number of benzene rings is 1. The Bertz CT molecular complexity index is 600. The summed E-state index contributed by atoms with van der Waals surface area (Å²) in [6, 6.07) is 5.59. The molecule has 0 atom stereocenters. The summed E-state index contributed by atoms with van der Waals surface area (Å²) in [4.78, 5) is 14.3. The van der Waals surface area contributed by atoms with Crippen molar-refractivity contribution in [3.8, 4) is 5.75 Å². The highest BCUT2D eigenvalue weighted by Gasteiger charge is 2.22. The van der Waals surface area contributed by atoms with Crippen LogP contribution < -0.4 is 4.74 Å². The van der Waals surface area contributed by atoms with Crippen LogP contribution in [0.15, 0.2) is 18.2 Å². The van der Waals surface area contributed by atoms with E-state index in [1.54, 1.807) is 7.11 Å². The lowest BCUT2D eigenvalue weighted by Crippen LogP contribution is -2.35. The van der Waals surface area contributed by atoms with Crippen LogP contribution in [0.1, 0.15) is 29.8 Å². The zero-order valence-electron chi connectivity index (χ0n) is 11.0. The maximum atomic E-state index is 12.4. The van der Waals surface area contributed by atoms with E-state index in [0.29, 0.717) is 5.69 Å². The van der Waals surface area contributed by atoms with Gasteiger partial charge in [0.2, 0.25) is 0 Å². The van der Waals surface area contributed by atoms with Crippen molar-refractivity contribution in [3.05, 3.63) is 23.9 Å². The molecule has 1 saturated heterocycles. The minimum absolute atomic E-state index is 0.0242. The van der Waals surface area contributed by atoms with Crippen LogP contribution in [0.5, 0.6) is 5.75 Å². The van der Waals surface area contributed by atoms with E-state index >= 15 is 0 Å². The number of fused-ring (bicyclic) bond motifs is 1. The molecule has 1 aliphatic heterocycles. The first-order valence-corrected chi connectivity index (χ1v) is 6.61. The number of H-pyrrole nitrogens is 1. The number of carbonyl (C=O) groups is 1. The minimum Gasteiger partial charge on any atom is -0.497 e. The van der Waals surface area contributed by atoms with Crippen molar-refractivity contribution in [2.45, 2.75) is 19.3 Å². The maximum absolute atomic E-state index is 12.4. The number of likely N-dealkylation sites (tertiary alicyclic amines) is 1. The van der Waals surface area contributed by atoms with E-state index in [2.05, 4.69) is 10.2 Å². The van der Waals surface area contributed by atoms with Gasteiger partial charge in [-0.05, 0) is 31.4 Å². The third kappa shape index (κ3) is 2.16. The molecule has 100 valence electrons. The Morgan fingerprint density at radius 1 is 1.32 bits per heavy atom. The second kappa shape index (κ2) is 4.91. The largest absolute Gasteiger partial charge is 0.497 e. The predicted molar refractivity (Wildman–Crippen MR) is 72.4 cm³/mol. The topological polar surface area (TPSA) is 58.2 Å². The molecule has 0 unspecified atom stereocenters. The molecule has 2 heterocycles. The number of aromatic nitrogens is 2. The molecule has 0 aliphatic carbocycles. The number of hydrogen-bond acceptors (Lipinski definition) is 3. The second-order valence-electron chi connectivity index (χ2n) is 4.84. The van der Waals surface area contributed by atoms with E-state index in [1.165, 1.54) is 6.42 Å². The van der Waals surface area contributed by atoms with Gasteiger partial charge in [-0.1, -0.05) is 0 Å². The molecule has 1 fully saturated rings. The Hall–Kier alpha value is -2.04. The molecule has 0 spiro atoms. The average Bonchev–Trinajstić information content (AvgIpc) is 2.90. The third-order valence-electron chi connectivity index (χ3n) is 3.62. The van der Waals surface area contributed by atoms with Crippen LogP contribution in [0.2, 0.25) is 0 Å². The Balaban J connectivity index is 1.93. The van der Waals surface area contributed by atoms with Gasteiger partial charge in [0.05, 0.1) is 12.6 Å². The summed E-state index contributed by atoms with van der Waals surface area (Å²) in [7, 11) is 1.62. The van der Waals surface area contributed by atoms with Gasteiger partial charge in [-0.3, -0.25) is 9.89 Å². The van der Waals surface area contributed by atoms with Crippen molar-refractivity contribution >= 4 is 16.8 Å². The van der Waals surface area contributed by atoms with Crippen LogP contribution in [0.3, 0.4) is 0 Å². The fourth-order valence-corrected chi connectivity index (χ4v) is 2.54. The minimum atomic E-state index is 0.0242. The second-order valence-corrected chi connectivity index (χ2v) is 4.84. The van der Waals surface area contributed by atoms with E-state index in [1.807, 2.05) is 23.1 Å². The summed E-state index contributed by atoms with van der Waals surface area (Å²) in [6.45, 7) is 1.67. The Kier molecular flexibility index (Phi) is 3.11. The zero-order chi connectivity index (χ0) is 13.2. The fourth-order valence-electron chi connectivity index (χ4n) is 2.54. The molecule has 1 amide bonds. The molecule has 19 heavy (non-hydrogen) atoms. The van der Waals surface area contributed by atoms with Gasteiger partial charge in [-0.2, -0.15) is 5.10 Å². The summed E-state index contributed by atoms with van der Waals surface area (Å²) in [6.07, 6.45) is 3.38. The Morgan fingerprint density at radius 2 is 2.11 bits per heavy atom. The predicted octanol–water partition coefficient (Wildman–Crippen LogP) is 2.20. The average molecular weight is 259 g/mol. The number of rotatable bonds is 2. The number of aromatic amines is 1. The number of carbonyl (C=O) groups excluding carboxylic acids is 1. The van der Waals surface area contributed by atoms with Gasteiger partial charge < -0.3 is 9.64 Å². The van der Waals surface area contributed by atoms with Crippen LogP contribution in [-0.4, -0.2) is 41.2 Å². The molecule has 1 aromatic carbocycles. The molecule has 1 aromatic heterocycles. The van der Waals surface area contributed by atoms with Gasteiger partial charge in [-0.15, -0.1) is 0 Å². The SMILES string of the molecule is COc1ccc2c(C(=O)N3CCCCC3)n[nH]c2c1. The normalized spacial score (nSPS) is 15.7. The van der Waals surface area contributed by atoms with Crippen molar-refractivity contribution < 1.29 is 9.53 Å². The Morgan fingerprint density at radius 3 is 2.84 bits per heavy atom. The monoisotopic (exact) mass is 259 g/mol. The van der Waals surface area contributed by atoms with Crippen molar-refractivity contribution in [1.29, 1.82) is 0 Å². The molecule has 5 heteroatoms. The van der Waals surface area contributed by atoms with Crippen LogP contribution in [0.4, 0.5) is 0 Å². The molecule has 3 rings (SSSR count). The zero-order valence-corrected chi connectivity index (χ0v) is 11.0. The summed E-state index contributed by atoms with van der Waals surface area (Å²) >= 11 is 0. The quantitative estimate of drug-likeness (QED) is 0.899. The first-order chi connectivity index (χ1) is 9.29. The highest BCUT2D eigenvalue weighted by Crippen LogP contribution is 2.23. The molecule has 0 saturated carbocycles. The third-order valence-corrected chi connectivity index (χ3v) is 3.62. The summed E-state index contributed by atoms with van der Waals surface area (Å²) < 4.78 is 5.17. The van der Waals surface area contributed by atoms with Gasteiger partial charge in [0.1, 0.15) is 5.75 Å². The van der Waals surface area contributed by atoms with Gasteiger partial charge in [-0.25, -0.2) is 0 Å². The molecule has 0 radical (unpaired) electrons. The van der Waals surface area contributed by atoms with Gasteiger partial charge >= 0.3 is 0 Å². The lowest BCUT2D eigenvalue weighted by molar-refractivity contribution is 0.0720. The number of amides is 1. The van der Waals surface area contributed by atoms with Crippen molar-refractivity contribution in [2.75, 3.05) is 20.2 Å². The number of nitrogens with zero attached hydrogens (tertiary/aromatic N) is 2. The number of methoxy groups -OCH3 is 1. The number of nitrogens with one attached hydrogen (secondary N) is 1.